The maximum absolute atomic E-state index is 12.8. The first-order valence-electron chi connectivity index (χ1n) is 8.23. The molecule has 138 valence electrons. The summed E-state index contributed by atoms with van der Waals surface area (Å²) in [5.74, 6) is -1.02. The zero-order valence-corrected chi connectivity index (χ0v) is 16.3. The summed E-state index contributed by atoms with van der Waals surface area (Å²) in [6.07, 6.45) is 3.96. The van der Waals surface area contributed by atoms with Gasteiger partial charge < -0.3 is 9.84 Å². The molecule has 0 saturated carbocycles. The Bertz CT molecular complexity index is 760. The normalized spacial score (nSPS) is 18.1. The minimum atomic E-state index is -1.05. The molecule has 1 heterocycles. The van der Waals surface area contributed by atoms with E-state index in [4.69, 9.17) is 17.0 Å². The van der Waals surface area contributed by atoms with Gasteiger partial charge in [-0.25, -0.2) is 4.79 Å². The number of benzene rings is 1. The minimum Gasteiger partial charge on any atom is -0.489 e. The maximum atomic E-state index is 12.8. The third kappa shape index (κ3) is 4.34. The van der Waals surface area contributed by atoms with Crippen molar-refractivity contribution in [3.8, 4) is 5.75 Å². The SMILES string of the molecule is C=CCOc1ccccc1/C=C1\SC(=S)N([C@@H](C(=O)O)[C@@H](C)CC)C1=O. The molecule has 1 N–H and O–H groups in total. The molecule has 1 aliphatic heterocycles. The van der Waals surface area contributed by atoms with E-state index in [1.807, 2.05) is 25.1 Å². The lowest BCUT2D eigenvalue weighted by molar-refractivity contribution is -0.147. The average Bonchev–Trinajstić information content (AvgIpc) is 2.88. The minimum absolute atomic E-state index is 0.211. The molecule has 0 spiro atoms. The molecule has 2 atom stereocenters. The summed E-state index contributed by atoms with van der Waals surface area (Å²) < 4.78 is 5.87. The van der Waals surface area contributed by atoms with E-state index in [0.29, 0.717) is 23.7 Å². The van der Waals surface area contributed by atoms with Crippen LogP contribution in [0.4, 0.5) is 0 Å². The Hall–Kier alpha value is -2.12. The van der Waals surface area contributed by atoms with Gasteiger partial charge in [0.2, 0.25) is 0 Å². The van der Waals surface area contributed by atoms with E-state index in [1.54, 1.807) is 25.1 Å². The van der Waals surface area contributed by atoms with Crippen LogP contribution in [0.3, 0.4) is 0 Å². The maximum Gasteiger partial charge on any atom is 0.327 e. The lowest BCUT2D eigenvalue weighted by Crippen LogP contribution is -2.47. The second-order valence-corrected chi connectivity index (χ2v) is 7.53. The number of nitrogens with zero attached hydrogens (tertiary/aromatic N) is 1. The number of carboxylic acids is 1. The van der Waals surface area contributed by atoms with Crippen LogP contribution in [0, 0.1) is 5.92 Å². The first-order valence-corrected chi connectivity index (χ1v) is 9.45. The number of carboxylic acid groups (broad SMARTS) is 1. The number of carbonyl (C=O) groups is 2. The molecule has 0 bridgehead atoms. The van der Waals surface area contributed by atoms with Crippen LogP contribution in [-0.4, -0.2) is 38.9 Å². The molecule has 2 rings (SSSR count). The fraction of sp³-hybridized carbons (Fsp3) is 0.316. The topological polar surface area (TPSA) is 66.8 Å². The molecule has 1 aromatic rings. The highest BCUT2D eigenvalue weighted by Gasteiger charge is 2.42. The van der Waals surface area contributed by atoms with E-state index in [2.05, 4.69) is 6.58 Å². The van der Waals surface area contributed by atoms with Gasteiger partial charge in [0, 0.05) is 5.56 Å². The third-order valence-electron chi connectivity index (χ3n) is 4.10. The van der Waals surface area contributed by atoms with Gasteiger partial charge in [-0.15, -0.1) is 0 Å². The van der Waals surface area contributed by atoms with Crippen molar-refractivity contribution in [2.45, 2.75) is 26.3 Å². The Morgan fingerprint density at radius 1 is 1.46 bits per heavy atom. The van der Waals surface area contributed by atoms with E-state index < -0.39 is 12.0 Å². The van der Waals surface area contributed by atoms with E-state index in [0.717, 1.165) is 17.3 Å². The van der Waals surface area contributed by atoms with Gasteiger partial charge in [-0.1, -0.05) is 75.1 Å². The number of carbonyl (C=O) groups excluding carboxylic acids is 1. The number of amides is 1. The molecule has 1 aliphatic rings. The van der Waals surface area contributed by atoms with Gasteiger partial charge in [-0.2, -0.15) is 0 Å². The predicted octanol–water partition coefficient (Wildman–Crippen LogP) is 3.95. The van der Waals surface area contributed by atoms with E-state index >= 15 is 0 Å². The van der Waals surface area contributed by atoms with E-state index in [-0.39, 0.29) is 16.1 Å². The van der Waals surface area contributed by atoms with E-state index in [1.165, 1.54) is 4.90 Å². The Morgan fingerprint density at radius 2 is 2.15 bits per heavy atom. The summed E-state index contributed by atoms with van der Waals surface area (Å²) in [6.45, 7) is 7.67. The van der Waals surface area contributed by atoms with Crippen molar-refractivity contribution < 1.29 is 19.4 Å². The molecule has 0 aliphatic carbocycles. The van der Waals surface area contributed by atoms with Gasteiger partial charge >= 0.3 is 5.97 Å². The van der Waals surface area contributed by atoms with Crippen LogP contribution in [0.5, 0.6) is 5.75 Å². The van der Waals surface area contributed by atoms with Gasteiger partial charge in [0.15, 0.2) is 0 Å². The number of thioether (sulfide) groups is 1. The summed E-state index contributed by atoms with van der Waals surface area (Å²) in [7, 11) is 0. The molecule has 0 unspecified atom stereocenters. The molecule has 26 heavy (non-hydrogen) atoms. The van der Waals surface area contributed by atoms with E-state index in [9.17, 15) is 14.7 Å². The Kier molecular flexibility index (Phi) is 6.99. The second-order valence-electron chi connectivity index (χ2n) is 5.86. The molecule has 1 saturated heterocycles. The largest absolute Gasteiger partial charge is 0.489 e. The van der Waals surface area contributed by atoms with Crippen molar-refractivity contribution in [1.82, 2.24) is 4.90 Å². The second kappa shape index (κ2) is 9.00. The average molecular weight is 392 g/mol. The molecule has 1 amide bonds. The summed E-state index contributed by atoms with van der Waals surface area (Å²) in [6, 6.07) is 6.34. The van der Waals surface area contributed by atoms with Crippen molar-refractivity contribution in [2.24, 2.45) is 5.92 Å². The number of thiocarbonyl (C=S) groups is 1. The zero-order chi connectivity index (χ0) is 19.3. The van der Waals surface area contributed by atoms with Gasteiger partial charge in [0.1, 0.15) is 22.7 Å². The lowest BCUT2D eigenvalue weighted by atomic mass is 9.98. The van der Waals surface area contributed by atoms with Gasteiger partial charge in [-0.3, -0.25) is 9.69 Å². The highest BCUT2D eigenvalue weighted by Crippen LogP contribution is 2.37. The molecule has 7 heteroatoms. The third-order valence-corrected chi connectivity index (χ3v) is 5.43. The number of hydrogen-bond donors (Lipinski definition) is 1. The van der Waals surface area contributed by atoms with Crippen LogP contribution in [-0.2, 0) is 9.59 Å². The molecular formula is C19H21NO4S2. The van der Waals surface area contributed by atoms with Gasteiger partial charge in [0.25, 0.3) is 5.91 Å². The first kappa shape index (κ1) is 20.2. The number of ether oxygens (including phenoxy) is 1. The van der Waals surface area contributed by atoms with Crippen molar-refractivity contribution in [3.05, 3.63) is 47.4 Å². The van der Waals surface area contributed by atoms with Crippen molar-refractivity contribution in [1.29, 1.82) is 0 Å². The Balaban J connectivity index is 2.35. The first-order chi connectivity index (χ1) is 12.4. The van der Waals surface area contributed by atoms with Crippen molar-refractivity contribution in [3.63, 3.8) is 0 Å². The number of para-hydroxylation sites is 1. The predicted molar refractivity (Wildman–Crippen MR) is 108 cm³/mol. The fourth-order valence-corrected chi connectivity index (χ4v) is 3.89. The molecular weight excluding hydrogens is 370 g/mol. The smallest absolute Gasteiger partial charge is 0.327 e. The monoisotopic (exact) mass is 391 g/mol. The highest BCUT2D eigenvalue weighted by atomic mass is 32.2. The number of hydrogen-bond acceptors (Lipinski definition) is 5. The standard InChI is InChI=1S/C19H21NO4S2/c1-4-10-24-14-9-7-6-8-13(14)11-15-17(21)20(19(25)26-15)16(18(22)23)12(3)5-2/h4,6-9,11-12,16H,1,5,10H2,2-3H3,(H,22,23)/b15-11-/t12-,16+/m0/s1. The van der Waals surface area contributed by atoms with Crippen molar-refractivity contribution in [2.75, 3.05) is 6.61 Å². The molecule has 1 fully saturated rings. The summed E-state index contributed by atoms with van der Waals surface area (Å²) >= 11 is 6.41. The lowest BCUT2D eigenvalue weighted by Gasteiger charge is -2.27. The zero-order valence-electron chi connectivity index (χ0n) is 14.7. The van der Waals surface area contributed by atoms with Gasteiger partial charge in [-0.05, 0) is 18.1 Å². The Labute approximate surface area is 162 Å². The molecule has 1 aromatic carbocycles. The summed E-state index contributed by atoms with van der Waals surface area (Å²) in [4.78, 5) is 26.2. The summed E-state index contributed by atoms with van der Waals surface area (Å²) in [5.41, 5.74) is 0.727. The van der Waals surface area contributed by atoms with Crippen LogP contribution in [0.15, 0.2) is 41.8 Å². The number of aliphatic carboxylic acids is 1. The summed E-state index contributed by atoms with van der Waals surface area (Å²) in [5, 5.41) is 9.58. The molecule has 5 nitrogen and oxygen atoms in total. The molecule has 0 aromatic heterocycles. The van der Waals surface area contributed by atoms with Crippen LogP contribution < -0.4 is 4.74 Å². The molecule has 0 radical (unpaired) electrons. The van der Waals surface area contributed by atoms with Crippen LogP contribution in [0.1, 0.15) is 25.8 Å². The van der Waals surface area contributed by atoms with Crippen LogP contribution in [0.2, 0.25) is 0 Å². The van der Waals surface area contributed by atoms with Crippen LogP contribution >= 0.6 is 24.0 Å². The highest BCUT2D eigenvalue weighted by molar-refractivity contribution is 8.26. The fourth-order valence-electron chi connectivity index (χ4n) is 2.57. The van der Waals surface area contributed by atoms with Gasteiger partial charge in [0.05, 0.1) is 4.91 Å². The quantitative estimate of drug-likeness (QED) is 0.411. The number of rotatable bonds is 8. The van der Waals surface area contributed by atoms with Crippen LogP contribution in [0.25, 0.3) is 6.08 Å². The van der Waals surface area contributed by atoms with Crippen molar-refractivity contribution >= 4 is 46.3 Å². The Morgan fingerprint density at radius 3 is 2.77 bits per heavy atom.